The Morgan fingerprint density at radius 3 is 2.50 bits per heavy atom. The van der Waals surface area contributed by atoms with Crippen LogP contribution in [0.5, 0.6) is 0 Å². The van der Waals surface area contributed by atoms with E-state index in [4.69, 9.17) is 0 Å². The van der Waals surface area contributed by atoms with Crippen LogP contribution in [-0.4, -0.2) is 29.0 Å². The summed E-state index contributed by atoms with van der Waals surface area (Å²) in [6, 6.07) is 13.4. The third-order valence-electron chi connectivity index (χ3n) is 4.12. The van der Waals surface area contributed by atoms with Gasteiger partial charge in [-0.2, -0.15) is 0 Å². The van der Waals surface area contributed by atoms with Crippen LogP contribution in [0, 0.1) is 6.92 Å². The Kier molecular flexibility index (Phi) is 4.51. The molecule has 0 spiro atoms. The fraction of sp³-hybridized carbons (Fsp3) is 0.263. The Labute approximate surface area is 141 Å². The fourth-order valence-corrected chi connectivity index (χ4v) is 2.83. The van der Waals surface area contributed by atoms with Gasteiger partial charge in [0.05, 0.1) is 11.0 Å². The molecular weight excluding hydrogens is 300 g/mol. The zero-order valence-electron chi connectivity index (χ0n) is 14.3. The lowest BCUT2D eigenvalue weighted by molar-refractivity contribution is 0.102. The molecule has 5 nitrogen and oxygen atoms in total. The smallest absolute Gasteiger partial charge is 0.255 e. The second-order valence-electron chi connectivity index (χ2n) is 5.73. The lowest BCUT2D eigenvalue weighted by Gasteiger charge is -2.21. The first kappa shape index (κ1) is 16.1. The van der Waals surface area contributed by atoms with Crippen LogP contribution in [0.15, 0.2) is 42.5 Å². The summed E-state index contributed by atoms with van der Waals surface area (Å²) in [7, 11) is 0. The Morgan fingerprint density at radius 2 is 1.83 bits per heavy atom. The number of hydrogen-bond acceptors (Lipinski definition) is 3. The summed E-state index contributed by atoms with van der Waals surface area (Å²) >= 11 is 0. The summed E-state index contributed by atoms with van der Waals surface area (Å²) in [4.78, 5) is 22.2. The predicted octanol–water partition coefficient (Wildman–Crippen LogP) is 3.97. The highest BCUT2D eigenvalue weighted by molar-refractivity contribution is 6.06. The van der Waals surface area contributed by atoms with Gasteiger partial charge in [-0.25, -0.2) is 4.98 Å². The van der Waals surface area contributed by atoms with Crippen molar-refractivity contribution in [1.29, 1.82) is 0 Å². The number of imidazole rings is 1. The third-order valence-corrected chi connectivity index (χ3v) is 4.12. The van der Waals surface area contributed by atoms with Gasteiger partial charge in [-0.3, -0.25) is 4.79 Å². The molecule has 0 saturated carbocycles. The van der Waals surface area contributed by atoms with E-state index in [0.29, 0.717) is 5.56 Å². The number of fused-ring (bicyclic) bond motifs is 1. The summed E-state index contributed by atoms with van der Waals surface area (Å²) in [6.45, 7) is 8.09. The van der Waals surface area contributed by atoms with Gasteiger partial charge in [-0.05, 0) is 63.2 Å². The average Bonchev–Trinajstić information content (AvgIpc) is 2.96. The first-order chi connectivity index (χ1) is 11.6. The van der Waals surface area contributed by atoms with E-state index in [9.17, 15) is 4.79 Å². The van der Waals surface area contributed by atoms with Crippen LogP contribution in [0.1, 0.15) is 30.0 Å². The molecule has 2 N–H and O–H groups in total. The molecule has 0 aliphatic carbocycles. The van der Waals surface area contributed by atoms with Gasteiger partial charge in [0.25, 0.3) is 5.91 Å². The molecular formula is C19H22N4O. The van der Waals surface area contributed by atoms with Crippen molar-refractivity contribution in [1.82, 2.24) is 9.97 Å². The van der Waals surface area contributed by atoms with Crippen LogP contribution in [0.3, 0.4) is 0 Å². The number of nitrogens with zero attached hydrogens (tertiary/aromatic N) is 2. The van der Waals surface area contributed by atoms with Crippen LogP contribution in [-0.2, 0) is 0 Å². The van der Waals surface area contributed by atoms with Crippen LogP contribution >= 0.6 is 0 Å². The molecule has 1 heterocycles. The Hall–Kier alpha value is -2.82. The molecule has 0 fully saturated rings. The molecule has 0 saturated heterocycles. The van der Waals surface area contributed by atoms with Gasteiger partial charge in [0.2, 0.25) is 0 Å². The maximum absolute atomic E-state index is 12.4. The Morgan fingerprint density at radius 1 is 1.12 bits per heavy atom. The van der Waals surface area contributed by atoms with Crippen molar-refractivity contribution in [3.05, 3.63) is 53.9 Å². The predicted molar refractivity (Wildman–Crippen MR) is 98.8 cm³/mol. The quantitative estimate of drug-likeness (QED) is 0.747. The van der Waals surface area contributed by atoms with Crippen molar-refractivity contribution in [3.8, 4) is 0 Å². The summed E-state index contributed by atoms with van der Waals surface area (Å²) in [5, 5.41) is 2.94. The van der Waals surface area contributed by atoms with Crippen molar-refractivity contribution in [2.24, 2.45) is 0 Å². The van der Waals surface area contributed by atoms with Crippen molar-refractivity contribution >= 4 is 28.3 Å². The molecule has 0 unspecified atom stereocenters. The summed E-state index contributed by atoms with van der Waals surface area (Å²) in [5.41, 5.74) is 4.30. The molecule has 24 heavy (non-hydrogen) atoms. The van der Waals surface area contributed by atoms with E-state index in [-0.39, 0.29) is 5.91 Å². The largest absolute Gasteiger partial charge is 0.372 e. The molecule has 2 aromatic carbocycles. The van der Waals surface area contributed by atoms with Crippen LogP contribution < -0.4 is 10.2 Å². The standard InChI is InChI=1S/C19H22N4O/c1-4-23(5-2)16-9-7-15(8-10-16)22-19(24)14-6-11-17-18(12-14)21-13(3)20-17/h6-12H,4-5H2,1-3H3,(H,20,21)(H,22,24). The number of anilines is 2. The van der Waals surface area contributed by atoms with Gasteiger partial charge >= 0.3 is 0 Å². The second kappa shape index (κ2) is 6.74. The van der Waals surface area contributed by atoms with Crippen LogP contribution in [0.4, 0.5) is 11.4 Å². The van der Waals surface area contributed by atoms with E-state index in [0.717, 1.165) is 41.3 Å². The average molecular weight is 322 g/mol. The molecule has 0 radical (unpaired) electrons. The van der Waals surface area contributed by atoms with E-state index >= 15 is 0 Å². The fourth-order valence-electron chi connectivity index (χ4n) is 2.83. The van der Waals surface area contributed by atoms with Crippen molar-refractivity contribution < 1.29 is 4.79 Å². The highest BCUT2D eigenvalue weighted by Crippen LogP contribution is 2.19. The van der Waals surface area contributed by atoms with Gasteiger partial charge in [-0.1, -0.05) is 0 Å². The van der Waals surface area contributed by atoms with Gasteiger partial charge in [0.15, 0.2) is 0 Å². The molecule has 1 amide bonds. The molecule has 1 aromatic heterocycles. The number of nitrogens with one attached hydrogen (secondary N) is 2. The van der Waals surface area contributed by atoms with Gasteiger partial charge in [0, 0.05) is 30.0 Å². The van der Waals surface area contributed by atoms with Gasteiger partial charge in [-0.15, -0.1) is 0 Å². The zero-order valence-corrected chi connectivity index (χ0v) is 14.3. The molecule has 124 valence electrons. The molecule has 0 aliphatic rings. The van der Waals surface area contributed by atoms with Crippen molar-refractivity contribution in [2.75, 3.05) is 23.3 Å². The minimum Gasteiger partial charge on any atom is -0.372 e. The number of rotatable bonds is 5. The van der Waals surface area contributed by atoms with E-state index < -0.39 is 0 Å². The topological polar surface area (TPSA) is 61.0 Å². The number of carbonyl (C=O) groups is 1. The summed E-state index contributed by atoms with van der Waals surface area (Å²) < 4.78 is 0. The molecule has 3 aromatic rings. The number of aromatic nitrogens is 2. The zero-order chi connectivity index (χ0) is 17.1. The minimum atomic E-state index is -0.125. The van der Waals surface area contributed by atoms with Crippen LogP contribution in [0.25, 0.3) is 11.0 Å². The number of aryl methyl sites for hydroxylation is 1. The number of benzene rings is 2. The Balaban J connectivity index is 1.75. The number of H-pyrrole nitrogens is 1. The highest BCUT2D eigenvalue weighted by Gasteiger charge is 2.09. The molecule has 0 bridgehead atoms. The van der Waals surface area contributed by atoms with Crippen molar-refractivity contribution in [3.63, 3.8) is 0 Å². The second-order valence-corrected chi connectivity index (χ2v) is 5.73. The lowest BCUT2D eigenvalue weighted by atomic mass is 10.2. The monoisotopic (exact) mass is 322 g/mol. The first-order valence-corrected chi connectivity index (χ1v) is 8.23. The number of carbonyl (C=O) groups excluding carboxylic acids is 1. The lowest BCUT2D eigenvalue weighted by Crippen LogP contribution is -2.21. The van der Waals surface area contributed by atoms with Gasteiger partial charge < -0.3 is 15.2 Å². The molecule has 0 atom stereocenters. The molecule has 3 rings (SSSR count). The maximum Gasteiger partial charge on any atom is 0.255 e. The van der Waals surface area contributed by atoms with E-state index in [1.807, 2.05) is 43.3 Å². The minimum absolute atomic E-state index is 0.125. The van der Waals surface area contributed by atoms with Crippen LogP contribution in [0.2, 0.25) is 0 Å². The van der Waals surface area contributed by atoms with E-state index in [1.165, 1.54) is 0 Å². The summed E-state index contributed by atoms with van der Waals surface area (Å²) in [5.74, 6) is 0.717. The SMILES string of the molecule is CCN(CC)c1ccc(NC(=O)c2ccc3nc(C)[nH]c3c2)cc1. The highest BCUT2D eigenvalue weighted by atomic mass is 16.1. The third kappa shape index (κ3) is 3.25. The van der Waals surface area contributed by atoms with Gasteiger partial charge in [0.1, 0.15) is 5.82 Å². The number of aromatic amines is 1. The molecule has 0 aliphatic heterocycles. The number of hydrogen-bond donors (Lipinski definition) is 2. The summed E-state index contributed by atoms with van der Waals surface area (Å²) in [6.07, 6.45) is 0. The first-order valence-electron chi connectivity index (χ1n) is 8.23. The Bertz CT molecular complexity index is 847. The normalized spacial score (nSPS) is 10.8. The van der Waals surface area contributed by atoms with E-state index in [1.54, 1.807) is 6.07 Å². The maximum atomic E-state index is 12.4. The van der Waals surface area contributed by atoms with Crippen molar-refractivity contribution in [2.45, 2.75) is 20.8 Å². The number of amides is 1. The van der Waals surface area contributed by atoms with E-state index in [2.05, 4.69) is 34.0 Å². The molecule has 5 heteroatoms.